The predicted octanol–water partition coefficient (Wildman–Crippen LogP) is 3.10. The number of oxazole rings is 1. The molecule has 1 heterocycles. The second kappa shape index (κ2) is 9.10. The smallest absolute Gasteiger partial charge is 0.338 e. The van der Waals surface area contributed by atoms with Crippen molar-refractivity contribution in [3.63, 3.8) is 0 Å². The molecule has 158 valence electrons. The molecule has 0 spiro atoms. The van der Waals surface area contributed by atoms with Crippen LogP contribution in [0.15, 0.2) is 58.4 Å². The van der Waals surface area contributed by atoms with E-state index in [2.05, 4.69) is 9.71 Å². The second-order valence-corrected chi connectivity index (χ2v) is 8.33. The lowest BCUT2D eigenvalue weighted by Crippen LogP contribution is -2.28. The molecule has 0 amide bonds. The second-order valence-electron chi connectivity index (χ2n) is 6.56. The first kappa shape index (κ1) is 21.5. The Balaban J connectivity index is 1.60. The highest BCUT2D eigenvalue weighted by atomic mass is 32.2. The van der Waals surface area contributed by atoms with Crippen LogP contribution in [0, 0.1) is 13.8 Å². The number of sulfonamides is 1. The molecule has 0 fully saturated rings. The van der Waals surface area contributed by atoms with Crippen LogP contribution < -0.4 is 9.46 Å². The number of ether oxygens (including phenoxy) is 2. The Morgan fingerprint density at radius 2 is 1.93 bits per heavy atom. The molecule has 0 aliphatic rings. The monoisotopic (exact) mass is 430 g/mol. The average molecular weight is 430 g/mol. The highest BCUT2D eigenvalue weighted by Gasteiger charge is 2.18. The van der Waals surface area contributed by atoms with Crippen LogP contribution in [0.1, 0.15) is 21.5 Å². The fraction of sp³-hybridized carbons (Fsp3) is 0.238. The van der Waals surface area contributed by atoms with Gasteiger partial charge >= 0.3 is 5.97 Å². The van der Waals surface area contributed by atoms with Gasteiger partial charge in [-0.3, -0.25) is 0 Å². The fourth-order valence-corrected chi connectivity index (χ4v) is 3.92. The summed E-state index contributed by atoms with van der Waals surface area (Å²) < 4.78 is 42.8. The first-order valence-corrected chi connectivity index (χ1v) is 10.6. The molecule has 1 aromatic heterocycles. The number of benzene rings is 2. The third-order valence-corrected chi connectivity index (χ3v) is 5.95. The third kappa shape index (κ3) is 4.87. The summed E-state index contributed by atoms with van der Waals surface area (Å²) in [5.74, 6) is 0.0274. The number of methoxy groups -OCH3 is 1. The van der Waals surface area contributed by atoms with Crippen molar-refractivity contribution in [2.24, 2.45) is 0 Å². The molecule has 3 aromatic rings. The molecule has 0 saturated heterocycles. The molecule has 3 rings (SSSR count). The Morgan fingerprint density at radius 3 is 2.60 bits per heavy atom. The maximum absolute atomic E-state index is 12.5. The molecular weight excluding hydrogens is 408 g/mol. The van der Waals surface area contributed by atoms with Gasteiger partial charge in [0.05, 0.1) is 17.6 Å². The Labute approximate surface area is 174 Å². The number of rotatable bonds is 8. The van der Waals surface area contributed by atoms with Crippen molar-refractivity contribution in [2.45, 2.75) is 18.7 Å². The van der Waals surface area contributed by atoms with Crippen molar-refractivity contribution in [2.75, 3.05) is 20.3 Å². The molecule has 1 N–H and O–H groups in total. The Morgan fingerprint density at radius 1 is 1.13 bits per heavy atom. The maximum atomic E-state index is 12.5. The van der Waals surface area contributed by atoms with E-state index in [1.165, 1.54) is 25.6 Å². The van der Waals surface area contributed by atoms with Crippen LogP contribution in [0.4, 0.5) is 0 Å². The molecule has 0 atom stereocenters. The van der Waals surface area contributed by atoms with E-state index in [1.54, 1.807) is 25.3 Å². The lowest BCUT2D eigenvalue weighted by Gasteiger charge is -2.11. The first-order valence-electron chi connectivity index (χ1n) is 9.12. The van der Waals surface area contributed by atoms with Crippen molar-refractivity contribution in [3.8, 4) is 17.0 Å². The molecule has 0 unspecified atom stereocenters. The molecule has 30 heavy (non-hydrogen) atoms. The van der Waals surface area contributed by atoms with Gasteiger partial charge in [-0.15, -0.1) is 0 Å². The zero-order chi connectivity index (χ0) is 21.7. The van der Waals surface area contributed by atoms with Gasteiger partial charge in [0.25, 0.3) is 0 Å². The molecule has 8 nitrogen and oxygen atoms in total. The molecule has 0 aliphatic heterocycles. The van der Waals surface area contributed by atoms with E-state index in [0.717, 1.165) is 16.8 Å². The van der Waals surface area contributed by atoms with E-state index in [0.29, 0.717) is 11.3 Å². The highest BCUT2D eigenvalue weighted by molar-refractivity contribution is 7.89. The average Bonchev–Trinajstić information content (AvgIpc) is 3.25. The van der Waals surface area contributed by atoms with E-state index in [-0.39, 0.29) is 23.6 Å². The van der Waals surface area contributed by atoms with Gasteiger partial charge in [-0.05, 0) is 55.3 Å². The van der Waals surface area contributed by atoms with Crippen molar-refractivity contribution in [3.05, 3.63) is 65.7 Å². The number of nitrogens with one attached hydrogen (secondary N) is 1. The van der Waals surface area contributed by atoms with Gasteiger partial charge < -0.3 is 13.9 Å². The summed E-state index contributed by atoms with van der Waals surface area (Å²) >= 11 is 0. The predicted molar refractivity (Wildman–Crippen MR) is 110 cm³/mol. The zero-order valence-corrected chi connectivity index (χ0v) is 17.7. The minimum Gasteiger partial charge on any atom is -0.492 e. The molecule has 9 heteroatoms. The van der Waals surface area contributed by atoms with Crippen LogP contribution in [0.25, 0.3) is 11.3 Å². The maximum Gasteiger partial charge on any atom is 0.338 e. The van der Waals surface area contributed by atoms with Crippen LogP contribution in [0.3, 0.4) is 0 Å². The number of esters is 1. The van der Waals surface area contributed by atoms with Crippen molar-refractivity contribution < 1.29 is 27.1 Å². The molecule has 2 aromatic carbocycles. The quantitative estimate of drug-likeness (QED) is 0.432. The summed E-state index contributed by atoms with van der Waals surface area (Å²) in [6.45, 7) is 3.83. The van der Waals surface area contributed by atoms with E-state index in [1.807, 2.05) is 19.1 Å². The van der Waals surface area contributed by atoms with Gasteiger partial charge in [-0.25, -0.2) is 22.9 Å². The number of hydrogen-bond donors (Lipinski definition) is 1. The summed E-state index contributed by atoms with van der Waals surface area (Å²) in [5, 5.41) is 0. The summed E-state index contributed by atoms with van der Waals surface area (Å²) in [6, 6.07) is 9.81. The minimum absolute atomic E-state index is 0.0127. The number of aromatic nitrogens is 1. The van der Waals surface area contributed by atoms with Crippen LogP contribution in [0.5, 0.6) is 5.75 Å². The standard InChI is InChI=1S/C21H22N2O6S/c1-14-4-6-17(11-19(14)21(24)27-3)30(25,26)23-8-9-29-16-5-7-18(15(2)10-16)20-12-28-13-22-20/h4-7,10-13,23H,8-9H2,1-3H3. The topological polar surface area (TPSA) is 108 Å². The van der Waals surface area contributed by atoms with Gasteiger partial charge in [0.15, 0.2) is 6.39 Å². The minimum atomic E-state index is -3.80. The summed E-state index contributed by atoms with van der Waals surface area (Å²) in [4.78, 5) is 15.9. The largest absolute Gasteiger partial charge is 0.492 e. The van der Waals surface area contributed by atoms with Gasteiger partial charge in [-0.1, -0.05) is 6.07 Å². The molecule has 0 radical (unpaired) electrons. The van der Waals surface area contributed by atoms with E-state index in [4.69, 9.17) is 13.9 Å². The Hall–Kier alpha value is -3.17. The zero-order valence-electron chi connectivity index (χ0n) is 16.8. The number of carbonyl (C=O) groups is 1. The fourth-order valence-electron chi connectivity index (χ4n) is 2.89. The molecule has 0 bridgehead atoms. The number of hydrogen-bond acceptors (Lipinski definition) is 7. The van der Waals surface area contributed by atoms with Crippen LogP contribution in [0.2, 0.25) is 0 Å². The number of aryl methyl sites for hydroxylation is 2. The summed E-state index contributed by atoms with van der Waals surface area (Å²) in [5.41, 5.74) is 3.46. The van der Waals surface area contributed by atoms with Gasteiger partial charge in [0.1, 0.15) is 24.3 Å². The van der Waals surface area contributed by atoms with E-state index >= 15 is 0 Å². The van der Waals surface area contributed by atoms with Crippen LogP contribution >= 0.6 is 0 Å². The lowest BCUT2D eigenvalue weighted by molar-refractivity contribution is 0.0599. The SMILES string of the molecule is COC(=O)c1cc(S(=O)(=O)NCCOc2ccc(-c3cocn3)c(C)c2)ccc1C. The summed E-state index contributed by atoms with van der Waals surface area (Å²) in [6.07, 6.45) is 2.93. The van der Waals surface area contributed by atoms with Gasteiger partial charge in [0.2, 0.25) is 10.0 Å². The highest BCUT2D eigenvalue weighted by Crippen LogP contribution is 2.25. The van der Waals surface area contributed by atoms with Crippen molar-refractivity contribution >= 4 is 16.0 Å². The van der Waals surface area contributed by atoms with Gasteiger partial charge in [0, 0.05) is 12.1 Å². The lowest BCUT2D eigenvalue weighted by atomic mass is 10.1. The van der Waals surface area contributed by atoms with Crippen LogP contribution in [-0.4, -0.2) is 39.6 Å². The Kier molecular flexibility index (Phi) is 6.53. The van der Waals surface area contributed by atoms with E-state index < -0.39 is 16.0 Å². The van der Waals surface area contributed by atoms with E-state index in [9.17, 15) is 13.2 Å². The third-order valence-electron chi connectivity index (χ3n) is 4.49. The molecule has 0 aliphatic carbocycles. The first-order chi connectivity index (χ1) is 14.3. The molecular formula is C21H22N2O6S. The van der Waals surface area contributed by atoms with Crippen LogP contribution in [-0.2, 0) is 14.8 Å². The van der Waals surface area contributed by atoms with Crippen molar-refractivity contribution in [1.29, 1.82) is 0 Å². The molecule has 0 saturated carbocycles. The van der Waals surface area contributed by atoms with Crippen molar-refractivity contribution in [1.82, 2.24) is 9.71 Å². The normalized spacial score (nSPS) is 11.3. The number of carbonyl (C=O) groups excluding carboxylic acids is 1. The van der Waals surface area contributed by atoms with Gasteiger partial charge in [-0.2, -0.15) is 0 Å². The number of nitrogens with zero attached hydrogens (tertiary/aromatic N) is 1. The summed E-state index contributed by atoms with van der Waals surface area (Å²) in [7, 11) is -2.55. The Bertz CT molecular complexity index is 1140.